The Balaban J connectivity index is 3.05. The van der Waals surface area contributed by atoms with Crippen molar-refractivity contribution >= 4 is 27.7 Å². The zero-order chi connectivity index (χ0) is 12.8. The maximum Gasteiger partial charge on any atom is 0.328 e. The molecule has 0 aliphatic rings. The van der Waals surface area contributed by atoms with Crippen molar-refractivity contribution in [2.45, 2.75) is 6.92 Å². The van der Waals surface area contributed by atoms with E-state index in [1.165, 1.54) is 0 Å². The lowest BCUT2D eigenvalue weighted by Gasteiger charge is -2.07. The summed E-state index contributed by atoms with van der Waals surface area (Å²) in [5, 5.41) is 8.46. The second-order valence-corrected chi connectivity index (χ2v) is 4.02. The van der Waals surface area contributed by atoms with Gasteiger partial charge in [0.2, 0.25) is 0 Å². The van der Waals surface area contributed by atoms with Gasteiger partial charge < -0.3 is 9.84 Å². The van der Waals surface area contributed by atoms with Crippen LogP contribution in [0.15, 0.2) is 34.8 Å². The van der Waals surface area contributed by atoms with Gasteiger partial charge in [0.15, 0.2) is 5.78 Å². The minimum atomic E-state index is -1.16. The van der Waals surface area contributed by atoms with Crippen molar-refractivity contribution in [1.82, 2.24) is 0 Å². The zero-order valence-electron chi connectivity index (χ0n) is 9.14. The molecule has 5 heteroatoms. The van der Waals surface area contributed by atoms with E-state index >= 15 is 0 Å². The van der Waals surface area contributed by atoms with E-state index in [1.54, 1.807) is 18.2 Å². The maximum atomic E-state index is 11.7. The number of ether oxygens (including phenoxy) is 1. The number of aliphatic carboxylic acids is 1. The fourth-order valence-corrected chi connectivity index (χ4v) is 1.57. The number of hydrogen-bond donors (Lipinski definition) is 1. The molecule has 0 heterocycles. The lowest BCUT2D eigenvalue weighted by molar-refractivity contribution is -0.131. The third-order valence-corrected chi connectivity index (χ3v) is 2.38. The predicted octanol–water partition coefficient (Wildman–Crippen LogP) is 2.67. The molecule has 1 aromatic rings. The number of hydrogen-bond acceptors (Lipinski definition) is 3. The second-order valence-electron chi connectivity index (χ2n) is 3.11. The number of ketones is 1. The fourth-order valence-electron chi connectivity index (χ4n) is 1.21. The first-order valence-corrected chi connectivity index (χ1v) is 5.71. The van der Waals surface area contributed by atoms with E-state index in [-0.39, 0.29) is 0 Å². The highest BCUT2D eigenvalue weighted by atomic mass is 79.9. The smallest absolute Gasteiger partial charge is 0.328 e. The molecular weight excluding hydrogens is 288 g/mol. The second kappa shape index (κ2) is 6.20. The van der Waals surface area contributed by atoms with Crippen molar-refractivity contribution in [1.29, 1.82) is 0 Å². The van der Waals surface area contributed by atoms with Crippen molar-refractivity contribution in [2.24, 2.45) is 0 Å². The number of halogens is 1. The molecule has 0 unspecified atom stereocenters. The van der Waals surface area contributed by atoms with E-state index < -0.39 is 11.8 Å². The van der Waals surface area contributed by atoms with Crippen molar-refractivity contribution < 1.29 is 19.4 Å². The SMILES string of the molecule is CCOc1ccc(Br)cc1C(=O)/C=C/C(=O)O. The highest BCUT2D eigenvalue weighted by Gasteiger charge is 2.10. The molecule has 0 amide bonds. The molecule has 0 aromatic heterocycles. The summed E-state index contributed by atoms with van der Waals surface area (Å²) in [6.45, 7) is 2.24. The van der Waals surface area contributed by atoms with Crippen molar-refractivity contribution in [3.8, 4) is 5.75 Å². The molecular formula is C12H11BrO4. The molecule has 1 rings (SSSR count). The van der Waals surface area contributed by atoms with Gasteiger partial charge in [-0.1, -0.05) is 15.9 Å². The Morgan fingerprint density at radius 1 is 1.41 bits per heavy atom. The lowest BCUT2D eigenvalue weighted by Crippen LogP contribution is -2.02. The van der Waals surface area contributed by atoms with Gasteiger partial charge in [0.1, 0.15) is 5.75 Å². The molecule has 0 aliphatic heterocycles. The van der Waals surface area contributed by atoms with E-state index in [2.05, 4.69) is 15.9 Å². The van der Waals surface area contributed by atoms with E-state index in [1.807, 2.05) is 6.92 Å². The summed E-state index contributed by atoms with van der Waals surface area (Å²) in [5.74, 6) is -1.13. The van der Waals surface area contributed by atoms with Crippen LogP contribution in [0, 0.1) is 0 Å². The predicted molar refractivity (Wildman–Crippen MR) is 66.4 cm³/mol. The first kappa shape index (κ1) is 13.4. The molecule has 0 spiro atoms. The first-order chi connectivity index (χ1) is 8.04. The van der Waals surface area contributed by atoms with Crippen molar-refractivity contribution in [3.63, 3.8) is 0 Å². The van der Waals surface area contributed by atoms with Crippen LogP contribution in [0.1, 0.15) is 17.3 Å². The molecule has 0 saturated carbocycles. The molecule has 90 valence electrons. The molecule has 1 aromatic carbocycles. The summed E-state index contributed by atoms with van der Waals surface area (Å²) >= 11 is 3.25. The van der Waals surface area contributed by atoms with Gasteiger partial charge in [-0.2, -0.15) is 0 Å². The highest BCUT2D eigenvalue weighted by molar-refractivity contribution is 9.10. The lowest BCUT2D eigenvalue weighted by atomic mass is 10.1. The molecule has 17 heavy (non-hydrogen) atoms. The largest absolute Gasteiger partial charge is 0.493 e. The van der Waals surface area contributed by atoms with Crippen LogP contribution in [-0.2, 0) is 4.79 Å². The van der Waals surface area contributed by atoms with E-state index in [0.29, 0.717) is 17.9 Å². The Bertz CT molecular complexity index is 466. The van der Waals surface area contributed by atoms with E-state index in [0.717, 1.165) is 16.6 Å². The van der Waals surface area contributed by atoms with Crippen LogP contribution in [0.2, 0.25) is 0 Å². The average molecular weight is 299 g/mol. The van der Waals surface area contributed by atoms with Crippen LogP contribution in [0.25, 0.3) is 0 Å². The van der Waals surface area contributed by atoms with Gasteiger partial charge in [0.05, 0.1) is 12.2 Å². The summed E-state index contributed by atoms with van der Waals surface area (Å²) in [6, 6.07) is 5.01. The molecule has 0 atom stereocenters. The summed E-state index contributed by atoms with van der Waals surface area (Å²) in [5.41, 5.74) is 0.332. The molecule has 4 nitrogen and oxygen atoms in total. The summed E-state index contributed by atoms with van der Waals surface area (Å²) < 4.78 is 6.03. The third kappa shape index (κ3) is 4.03. The van der Waals surface area contributed by atoms with Gasteiger partial charge >= 0.3 is 5.97 Å². The fraction of sp³-hybridized carbons (Fsp3) is 0.167. The van der Waals surface area contributed by atoms with Crippen LogP contribution in [0.5, 0.6) is 5.75 Å². The maximum absolute atomic E-state index is 11.7. The summed E-state index contributed by atoms with van der Waals surface area (Å²) in [4.78, 5) is 22.1. The Morgan fingerprint density at radius 3 is 2.71 bits per heavy atom. The molecule has 0 saturated heterocycles. The van der Waals surface area contributed by atoms with E-state index in [9.17, 15) is 9.59 Å². The number of rotatable bonds is 5. The number of allylic oxidation sites excluding steroid dienone is 1. The Hall–Kier alpha value is -1.62. The van der Waals surface area contributed by atoms with Crippen LogP contribution >= 0.6 is 15.9 Å². The van der Waals surface area contributed by atoms with Gasteiger partial charge in [0.25, 0.3) is 0 Å². The van der Waals surface area contributed by atoms with Gasteiger partial charge in [-0.05, 0) is 31.2 Å². The van der Waals surface area contributed by atoms with Crippen molar-refractivity contribution in [2.75, 3.05) is 6.61 Å². The van der Waals surface area contributed by atoms with Gasteiger partial charge in [0, 0.05) is 10.5 Å². The number of carboxylic acids is 1. The topological polar surface area (TPSA) is 63.6 Å². The van der Waals surface area contributed by atoms with Gasteiger partial charge in [-0.3, -0.25) is 4.79 Å². The molecule has 0 aliphatic carbocycles. The number of carbonyl (C=O) groups excluding carboxylic acids is 1. The summed E-state index contributed by atoms with van der Waals surface area (Å²) in [6.07, 6.45) is 1.81. The molecule has 0 radical (unpaired) electrons. The van der Waals surface area contributed by atoms with E-state index in [4.69, 9.17) is 9.84 Å². The monoisotopic (exact) mass is 298 g/mol. The standard InChI is InChI=1S/C12H11BrO4/c1-2-17-11-5-3-8(13)7-9(11)10(14)4-6-12(15)16/h3-7H,2H2,1H3,(H,15,16)/b6-4+. The summed E-state index contributed by atoms with van der Waals surface area (Å²) in [7, 11) is 0. The first-order valence-electron chi connectivity index (χ1n) is 4.92. The van der Waals surface area contributed by atoms with Crippen LogP contribution < -0.4 is 4.74 Å². The van der Waals surface area contributed by atoms with Crippen LogP contribution in [0.3, 0.4) is 0 Å². The highest BCUT2D eigenvalue weighted by Crippen LogP contribution is 2.24. The molecule has 1 N–H and O–H groups in total. The molecule has 0 fully saturated rings. The van der Waals surface area contributed by atoms with Crippen LogP contribution in [-0.4, -0.2) is 23.5 Å². The number of benzene rings is 1. The van der Waals surface area contributed by atoms with Gasteiger partial charge in [-0.15, -0.1) is 0 Å². The number of carbonyl (C=O) groups is 2. The minimum Gasteiger partial charge on any atom is -0.493 e. The Kier molecular flexibility index (Phi) is 4.90. The Labute approximate surface area is 107 Å². The van der Waals surface area contributed by atoms with Crippen molar-refractivity contribution in [3.05, 3.63) is 40.4 Å². The van der Waals surface area contributed by atoms with Crippen LogP contribution in [0.4, 0.5) is 0 Å². The minimum absolute atomic E-state index is 0.332. The quantitative estimate of drug-likeness (QED) is 0.670. The number of carboxylic acid groups (broad SMARTS) is 1. The molecule has 0 bridgehead atoms. The zero-order valence-corrected chi connectivity index (χ0v) is 10.7. The average Bonchev–Trinajstić information content (AvgIpc) is 2.28. The van der Waals surface area contributed by atoms with Gasteiger partial charge in [-0.25, -0.2) is 4.79 Å². The normalized spacial score (nSPS) is 10.5. The third-order valence-electron chi connectivity index (χ3n) is 1.88. The Morgan fingerprint density at radius 2 is 2.12 bits per heavy atom.